The number of carbonyl (C=O) groups excluding carboxylic acids is 1. The molecule has 5 rings (SSSR count). The number of halogens is 1. The van der Waals surface area contributed by atoms with Crippen molar-refractivity contribution < 1.29 is 37.4 Å². The molecule has 0 radical (unpaired) electrons. The van der Waals surface area contributed by atoms with Crippen LogP contribution in [0.15, 0.2) is 42.9 Å². The number of nitrogen functional groups attached to an aromatic ring is 1. The Morgan fingerprint density at radius 3 is 2.67 bits per heavy atom. The first-order valence-electron chi connectivity index (χ1n) is 13.9. The van der Waals surface area contributed by atoms with Crippen LogP contribution >= 0.6 is 7.75 Å². The van der Waals surface area contributed by atoms with Crippen molar-refractivity contribution in [1.82, 2.24) is 24.7 Å². The van der Waals surface area contributed by atoms with E-state index in [1.54, 1.807) is 44.2 Å². The van der Waals surface area contributed by atoms with Crippen molar-refractivity contribution in [3.05, 3.63) is 48.5 Å². The summed E-state index contributed by atoms with van der Waals surface area (Å²) in [7, 11) is -4.34. The second-order valence-corrected chi connectivity index (χ2v) is 12.8. The van der Waals surface area contributed by atoms with Crippen LogP contribution in [0.25, 0.3) is 5.65 Å². The number of imidazole rings is 1. The molecular formula is C27H36FN6O7P. The normalized spacial score (nSPS) is 27.1. The van der Waals surface area contributed by atoms with E-state index in [9.17, 15) is 14.5 Å². The number of aromatic nitrogens is 4. The maximum atomic E-state index is 16.0. The second-order valence-electron chi connectivity index (χ2n) is 11.1. The molecule has 1 unspecified atom stereocenters. The number of fused-ring (bicyclic) bond motifs is 1. The summed E-state index contributed by atoms with van der Waals surface area (Å²) in [6, 6.07) is 8.33. The Bertz CT molecular complexity index is 1450. The second kappa shape index (κ2) is 11.8. The average molecular weight is 607 g/mol. The Hall–Kier alpha value is -3.16. The fraction of sp³-hybridized carbons (Fsp3) is 0.556. The zero-order valence-electron chi connectivity index (χ0n) is 23.7. The van der Waals surface area contributed by atoms with Gasteiger partial charge in [-0.2, -0.15) is 10.2 Å². The molecule has 1 aromatic carbocycles. The Balaban J connectivity index is 1.40. The maximum absolute atomic E-state index is 16.0. The highest BCUT2D eigenvalue weighted by Crippen LogP contribution is 2.51. The number of benzene rings is 1. The van der Waals surface area contributed by atoms with Crippen LogP contribution in [0.4, 0.5) is 10.2 Å². The van der Waals surface area contributed by atoms with Crippen LogP contribution in [0.3, 0.4) is 0 Å². The topological polar surface area (TPSA) is 172 Å². The van der Waals surface area contributed by atoms with Gasteiger partial charge in [-0.1, -0.05) is 37.5 Å². The molecular weight excluding hydrogens is 570 g/mol. The summed E-state index contributed by atoms with van der Waals surface area (Å²) in [5, 5.41) is 17.9. The van der Waals surface area contributed by atoms with Crippen LogP contribution in [0.2, 0.25) is 0 Å². The SMILES string of the molecule is CC(C)OC(=O)C1(NP(=O)(OC[C@H]2O[C@@H](c3cnc4c(N)ncnn34)[C@](C)(F)[C@@H]2O)Oc2ccccc2)CCCCC1. The molecule has 5 atom stereocenters. The molecule has 228 valence electrons. The van der Waals surface area contributed by atoms with E-state index in [0.717, 1.165) is 6.42 Å². The van der Waals surface area contributed by atoms with E-state index in [4.69, 9.17) is 24.3 Å². The number of carbonyl (C=O) groups is 1. The Labute approximate surface area is 242 Å². The first kappa shape index (κ1) is 30.3. The molecule has 4 N–H and O–H groups in total. The van der Waals surface area contributed by atoms with Crippen LogP contribution in [0.1, 0.15) is 64.7 Å². The molecule has 1 saturated carbocycles. The van der Waals surface area contributed by atoms with E-state index in [1.807, 2.05) is 0 Å². The van der Waals surface area contributed by atoms with E-state index in [-0.39, 0.29) is 22.9 Å². The summed E-state index contributed by atoms with van der Waals surface area (Å²) in [6.45, 7) is 4.12. The van der Waals surface area contributed by atoms with Gasteiger partial charge in [0.2, 0.25) is 0 Å². The third-order valence-electron chi connectivity index (χ3n) is 7.55. The minimum absolute atomic E-state index is 0.0907. The number of hydrogen-bond donors (Lipinski definition) is 3. The molecule has 0 amide bonds. The average Bonchev–Trinajstić information content (AvgIpc) is 3.47. The van der Waals surface area contributed by atoms with Crippen LogP contribution in [-0.2, 0) is 23.4 Å². The minimum atomic E-state index is -4.34. The van der Waals surface area contributed by atoms with Gasteiger partial charge in [-0.3, -0.25) is 9.32 Å². The van der Waals surface area contributed by atoms with Gasteiger partial charge in [0.1, 0.15) is 35.9 Å². The van der Waals surface area contributed by atoms with Gasteiger partial charge in [0.25, 0.3) is 0 Å². The lowest BCUT2D eigenvalue weighted by Gasteiger charge is -2.38. The third-order valence-corrected chi connectivity index (χ3v) is 9.19. The maximum Gasteiger partial charge on any atom is 0.459 e. The molecule has 1 aliphatic heterocycles. The van der Waals surface area contributed by atoms with Gasteiger partial charge in [-0.15, -0.1) is 0 Å². The lowest BCUT2D eigenvalue weighted by Crippen LogP contribution is -2.54. The summed E-state index contributed by atoms with van der Waals surface area (Å²) >= 11 is 0. The summed E-state index contributed by atoms with van der Waals surface area (Å²) in [4.78, 5) is 21.3. The molecule has 1 saturated heterocycles. The molecule has 0 spiro atoms. The van der Waals surface area contributed by atoms with E-state index < -0.39 is 55.9 Å². The fourth-order valence-corrected chi connectivity index (χ4v) is 7.14. The van der Waals surface area contributed by atoms with Crippen LogP contribution in [0, 0.1) is 0 Å². The smallest absolute Gasteiger partial charge is 0.459 e. The van der Waals surface area contributed by atoms with Crippen molar-refractivity contribution in [2.45, 2.75) is 88.5 Å². The number of ether oxygens (including phenoxy) is 2. The van der Waals surface area contributed by atoms with Crippen molar-refractivity contribution >= 4 is 25.2 Å². The van der Waals surface area contributed by atoms with Crippen molar-refractivity contribution in [2.24, 2.45) is 0 Å². The van der Waals surface area contributed by atoms with E-state index >= 15 is 4.39 Å². The zero-order chi connectivity index (χ0) is 30.1. The third kappa shape index (κ3) is 6.00. The number of nitrogens with two attached hydrogens (primary N) is 1. The van der Waals surface area contributed by atoms with Crippen LogP contribution in [-0.4, -0.2) is 66.8 Å². The number of esters is 1. The molecule has 13 nitrogen and oxygen atoms in total. The molecule has 42 heavy (non-hydrogen) atoms. The molecule has 0 bridgehead atoms. The van der Waals surface area contributed by atoms with Crippen LogP contribution in [0.5, 0.6) is 5.75 Å². The highest BCUT2D eigenvalue weighted by Gasteiger charge is 2.57. The minimum Gasteiger partial charge on any atom is -0.462 e. The van der Waals surface area contributed by atoms with Crippen molar-refractivity contribution in [2.75, 3.05) is 12.3 Å². The number of nitrogens with one attached hydrogen (secondary N) is 1. The molecule has 15 heteroatoms. The lowest BCUT2D eigenvalue weighted by atomic mass is 9.82. The van der Waals surface area contributed by atoms with Crippen LogP contribution < -0.4 is 15.3 Å². The number of para-hydroxylation sites is 1. The van der Waals surface area contributed by atoms with E-state index in [1.165, 1.54) is 24.0 Å². The fourth-order valence-electron chi connectivity index (χ4n) is 5.40. The molecule has 3 aromatic rings. The van der Waals surface area contributed by atoms with Gasteiger partial charge < -0.3 is 24.8 Å². The van der Waals surface area contributed by atoms with Gasteiger partial charge >= 0.3 is 13.7 Å². The summed E-state index contributed by atoms with van der Waals surface area (Å²) in [5.41, 5.74) is 2.63. The molecule has 2 aliphatic rings. The number of alkyl halides is 1. The Kier molecular flexibility index (Phi) is 8.55. The van der Waals surface area contributed by atoms with Crippen molar-refractivity contribution in [3.8, 4) is 5.75 Å². The molecule has 2 fully saturated rings. The number of aliphatic hydroxyl groups excluding tert-OH is 1. The Morgan fingerprint density at radius 2 is 1.98 bits per heavy atom. The highest BCUT2D eigenvalue weighted by molar-refractivity contribution is 7.52. The molecule has 1 aliphatic carbocycles. The zero-order valence-corrected chi connectivity index (χ0v) is 24.6. The molecule has 2 aromatic heterocycles. The van der Waals surface area contributed by atoms with Gasteiger partial charge in [0.05, 0.1) is 24.6 Å². The number of nitrogens with zero attached hydrogens (tertiary/aromatic N) is 4. The lowest BCUT2D eigenvalue weighted by molar-refractivity contribution is -0.156. The molecule has 3 heterocycles. The largest absolute Gasteiger partial charge is 0.462 e. The number of hydrogen-bond acceptors (Lipinski definition) is 11. The van der Waals surface area contributed by atoms with Gasteiger partial charge in [0.15, 0.2) is 17.1 Å². The number of anilines is 1. The van der Waals surface area contributed by atoms with E-state index in [0.29, 0.717) is 25.7 Å². The number of rotatable bonds is 10. The highest BCUT2D eigenvalue weighted by atomic mass is 31.2. The quantitative estimate of drug-likeness (QED) is 0.226. The van der Waals surface area contributed by atoms with Gasteiger partial charge in [0, 0.05) is 0 Å². The standard InChI is InChI=1S/C27H36FN6O7P/c1-17(2)39-25(36)27(12-8-5-9-13-27)33-42(37,41-18-10-6-4-7-11-18)38-15-20-21(35)26(3,28)22(40-20)19-14-30-24-23(29)31-16-32-34(19)24/h4,6-7,10-11,14,16-17,20-22,35H,5,8-9,12-13,15H2,1-3H3,(H,33,37)(H2,29,31,32)/t20-,21-,22+,26-,42?/m1/s1. The predicted octanol–water partition coefficient (Wildman–Crippen LogP) is 3.68. The Morgan fingerprint density at radius 1 is 1.26 bits per heavy atom. The summed E-state index contributed by atoms with van der Waals surface area (Å²) in [5.74, 6) is -0.242. The van der Waals surface area contributed by atoms with Gasteiger partial charge in [-0.05, 0) is 45.7 Å². The predicted molar refractivity (Wildman–Crippen MR) is 149 cm³/mol. The first-order chi connectivity index (χ1) is 19.9. The summed E-state index contributed by atoms with van der Waals surface area (Å²) < 4.78 is 54.8. The summed E-state index contributed by atoms with van der Waals surface area (Å²) in [6.07, 6.45) is 0.889. The van der Waals surface area contributed by atoms with Crippen molar-refractivity contribution in [1.29, 1.82) is 0 Å². The van der Waals surface area contributed by atoms with E-state index in [2.05, 4.69) is 20.2 Å². The van der Waals surface area contributed by atoms with Gasteiger partial charge in [-0.25, -0.2) is 23.4 Å². The van der Waals surface area contributed by atoms with Crippen molar-refractivity contribution in [3.63, 3.8) is 0 Å². The number of aliphatic hydroxyl groups is 1. The monoisotopic (exact) mass is 606 g/mol. The first-order valence-corrected chi connectivity index (χ1v) is 15.4.